The molecule has 1 fully saturated rings. The highest BCUT2D eigenvalue weighted by atomic mass is 16.4. The maximum absolute atomic E-state index is 10.4. The van der Waals surface area contributed by atoms with E-state index in [1.807, 2.05) is 0 Å². The van der Waals surface area contributed by atoms with Crippen molar-refractivity contribution in [3.05, 3.63) is 0 Å². The molecule has 0 saturated carbocycles. The maximum Gasteiger partial charge on any atom is 0.304 e. The Labute approximate surface area is 98.0 Å². The van der Waals surface area contributed by atoms with Crippen LogP contribution in [-0.4, -0.2) is 48.2 Å². The molecular formula is C12H24N2O2. The predicted molar refractivity (Wildman–Crippen MR) is 64.6 cm³/mol. The van der Waals surface area contributed by atoms with Crippen molar-refractivity contribution in [3.8, 4) is 0 Å². The number of hydrogen-bond donors (Lipinski definition) is 2. The van der Waals surface area contributed by atoms with E-state index in [0.29, 0.717) is 18.5 Å². The standard InChI is InChI=1S/C12H24N2O2/c1-10(2)11(13-6-5-12(15)16)9-14-7-3-4-8-14/h10-11,13H,3-9H2,1-2H3,(H,15,16)/t11-/m1/s1. The van der Waals surface area contributed by atoms with Crippen molar-refractivity contribution in [1.29, 1.82) is 0 Å². The molecule has 1 atom stereocenters. The molecule has 94 valence electrons. The van der Waals surface area contributed by atoms with Crippen LogP contribution in [0, 0.1) is 5.92 Å². The predicted octanol–water partition coefficient (Wildman–Crippen LogP) is 1.17. The SMILES string of the molecule is CC(C)[C@@H](CN1CCCC1)NCCC(=O)O. The first-order chi connectivity index (χ1) is 7.59. The van der Waals surface area contributed by atoms with Gasteiger partial charge in [0.1, 0.15) is 0 Å². The van der Waals surface area contributed by atoms with Gasteiger partial charge in [-0.3, -0.25) is 4.79 Å². The third-order valence-corrected chi connectivity index (χ3v) is 3.20. The van der Waals surface area contributed by atoms with Gasteiger partial charge in [0.05, 0.1) is 6.42 Å². The first kappa shape index (κ1) is 13.5. The Bertz CT molecular complexity index is 213. The molecule has 0 radical (unpaired) electrons. The van der Waals surface area contributed by atoms with Gasteiger partial charge in [-0.1, -0.05) is 13.8 Å². The molecule has 2 N–H and O–H groups in total. The monoisotopic (exact) mass is 228 g/mol. The second-order valence-corrected chi connectivity index (χ2v) is 4.96. The summed E-state index contributed by atoms with van der Waals surface area (Å²) in [7, 11) is 0. The smallest absolute Gasteiger partial charge is 0.304 e. The third kappa shape index (κ3) is 4.94. The number of rotatable bonds is 7. The van der Waals surface area contributed by atoms with Gasteiger partial charge in [-0.25, -0.2) is 0 Å². The lowest BCUT2D eigenvalue weighted by Crippen LogP contribution is -2.44. The summed E-state index contributed by atoms with van der Waals surface area (Å²) in [6, 6.07) is 0.414. The number of carboxylic acid groups (broad SMARTS) is 1. The number of carboxylic acids is 1. The van der Waals surface area contributed by atoms with E-state index in [9.17, 15) is 4.79 Å². The van der Waals surface area contributed by atoms with Crippen molar-refractivity contribution >= 4 is 5.97 Å². The fourth-order valence-electron chi connectivity index (χ4n) is 2.12. The maximum atomic E-state index is 10.4. The van der Waals surface area contributed by atoms with Crippen LogP contribution in [0.25, 0.3) is 0 Å². The highest BCUT2D eigenvalue weighted by Gasteiger charge is 2.19. The van der Waals surface area contributed by atoms with Gasteiger partial charge in [0.25, 0.3) is 0 Å². The van der Waals surface area contributed by atoms with Crippen molar-refractivity contribution < 1.29 is 9.90 Å². The molecule has 0 aromatic carbocycles. The van der Waals surface area contributed by atoms with Crippen LogP contribution in [0.15, 0.2) is 0 Å². The fraction of sp³-hybridized carbons (Fsp3) is 0.917. The molecule has 4 nitrogen and oxygen atoms in total. The summed E-state index contributed by atoms with van der Waals surface area (Å²) in [5, 5.41) is 12.0. The molecule has 0 amide bonds. The molecule has 0 aromatic rings. The molecular weight excluding hydrogens is 204 g/mol. The molecule has 1 aliphatic heterocycles. The van der Waals surface area contributed by atoms with Gasteiger partial charge >= 0.3 is 5.97 Å². The van der Waals surface area contributed by atoms with Crippen LogP contribution in [0.1, 0.15) is 33.1 Å². The average Bonchev–Trinajstić information content (AvgIpc) is 2.68. The zero-order valence-corrected chi connectivity index (χ0v) is 10.4. The topological polar surface area (TPSA) is 52.6 Å². The number of nitrogens with one attached hydrogen (secondary N) is 1. The van der Waals surface area contributed by atoms with Crippen LogP contribution in [0.2, 0.25) is 0 Å². The molecule has 1 rings (SSSR count). The summed E-state index contributed by atoms with van der Waals surface area (Å²) in [6.07, 6.45) is 2.82. The Balaban J connectivity index is 2.26. The first-order valence-corrected chi connectivity index (χ1v) is 6.27. The molecule has 0 aromatic heterocycles. The minimum Gasteiger partial charge on any atom is -0.481 e. The van der Waals surface area contributed by atoms with Gasteiger partial charge in [0.15, 0.2) is 0 Å². The van der Waals surface area contributed by atoms with Crippen LogP contribution in [-0.2, 0) is 4.79 Å². The van der Waals surface area contributed by atoms with Gasteiger partial charge in [-0.2, -0.15) is 0 Å². The average molecular weight is 228 g/mol. The molecule has 1 heterocycles. The molecule has 0 bridgehead atoms. The van der Waals surface area contributed by atoms with E-state index < -0.39 is 5.97 Å². The molecule has 16 heavy (non-hydrogen) atoms. The van der Waals surface area contributed by atoms with Crippen LogP contribution in [0.3, 0.4) is 0 Å². The summed E-state index contributed by atoms with van der Waals surface area (Å²) >= 11 is 0. The first-order valence-electron chi connectivity index (χ1n) is 6.27. The van der Waals surface area contributed by atoms with Crippen molar-refractivity contribution in [1.82, 2.24) is 10.2 Å². The summed E-state index contributed by atoms with van der Waals surface area (Å²) < 4.78 is 0. The second-order valence-electron chi connectivity index (χ2n) is 4.96. The van der Waals surface area contributed by atoms with Crippen molar-refractivity contribution in [3.63, 3.8) is 0 Å². The van der Waals surface area contributed by atoms with E-state index in [2.05, 4.69) is 24.1 Å². The van der Waals surface area contributed by atoms with Gasteiger partial charge in [0.2, 0.25) is 0 Å². The molecule has 0 aliphatic carbocycles. The Morgan fingerprint density at radius 2 is 2.00 bits per heavy atom. The number of carbonyl (C=O) groups is 1. The van der Waals surface area contributed by atoms with Crippen molar-refractivity contribution in [2.24, 2.45) is 5.92 Å². The second kappa shape index (κ2) is 6.86. The lowest BCUT2D eigenvalue weighted by molar-refractivity contribution is -0.136. The van der Waals surface area contributed by atoms with Crippen LogP contribution in [0.4, 0.5) is 0 Å². The summed E-state index contributed by atoms with van der Waals surface area (Å²) in [5.41, 5.74) is 0. The van der Waals surface area contributed by atoms with Gasteiger partial charge in [-0.05, 0) is 31.8 Å². The Hall–Kier alpha value is -0.610. The van der Waals surface area contributed by atoms with E-state index in [-0.39, 0.29) is 6.42 Å². The Morgan fingerprint density at radius 3 is 2.50 bits per heavy atom. The zero-order valence-electron chi connectivity index (χ0n) is 10.4. The van der Waals surface area contributed by atoms with Gasteiger partial charge < -0.3 is 15.3 Å². The largest absolute Gasteiger partial charge is 0.481 e. The molecule has 1 saturated heterocycles. The van der Waals surface area contributed by atoms with Crippen molar-refractivity contribution in [2.75, 3.05) is 26.2 Å². The minimum absolute atomic E-state index is 0.212. The quantitative estimate of drug-likeness (QED) is 0.687. The highest BCUT2D eigenvalue weighted by molar-refractivity contribution is 5.66. The van der Waals surface area contributed by atoms with Crippen LogP contribution >= 0.6 is 0 Å². The van der Waals surface area contributed by atoms with E-state index >= 15 is 0 Å². The van der Waals surface area contributed by atoms with Crippen LogP contribution in [0.5, 0.6) is 0 Å². The highest BCUT2D eigenvalue weighted by Crippen LogP contribution is 2.11. The van der Waals surface area contributed by atoms with E-state index in [1.165, 1.54) is 25.9 Å². The van der Waals surface area contributed by atoms with E-state index in [0.717, 1.165) is 6.54 Å². The normalized spacial score (nSPS) is 19.2. The summed E-state index contributed by atoms with van der Waals surface area (Å²) in [5.74, 6) is -0.175. The van der Waals surface area contributed by atoms with Gasteiger partial charge in [0, 0.05) is 19.1 Å². The Kier molecular flexibility index (Phi) is 5.77. The number of aliphatic carboxylic acids is 1. The third-order valence-electron chi connectivity index (χ3n) is 3.20. The Morgan fingerprint density at radius 1 is 1.38 bits per heavy atom. The number of hydrogen-bond acceptors (Lipinski definition) is 3. The molecule has 4 heteroatoms. The van der Waals surface area contributed by atoms with Gasteiger partial charge in [-0.15, -0.1) is 0 Å². The number of nitrogens with zero attached hydrogens (tertiary/aromatic N) is 1. The lowest BCUT2D eigenvalue weighted by Gasteiger charge is -2.27. The summed E-state index contributed by atoms with van der Waals surface area (Å²) in [6.45, 7) is 8.40. The molecule has 1 aliphatic rings. The molecule has 0 unspecified atom stereocenters. The van der Waals surface area contributed by atoms with E-state index in [1.54, 1.807) is 0 Å². The zero-order chi connectivity index (χ0) is 12.0. The summed E-state index contributed by atoms with van der Waals surface area (Å²) in [4.78, 5) is 12.9. The number of likely N-dealkylation sites (tertiary alicyclic amines) is 1. The minimum atomic E-state index is -0.726. The van der Waals surface area contributed by atoms with Crippen molar-refractivity contribution in [2.45, 2.75) is 39.2 Å². The fourth-order valence-corrected chi connectivity index (χ4v) is 2.12. The van der Waals surface area contributed by atoms with Crippen LogP contribution < -0.4 is 5.32 Å². The van der Waals surface area contributed by atoms with E-state index in [4.69, 9.17) is 5.11 Å². The molecule has 0 spiro atoms. The lowest BCUT2D eigenvalue weighted by atomic mass is 10.0.